The summed E-state index contributed by atoms with van der Waals surface area (Å²) < 4.78 is 12.0. The number of ether oxygens (including phenoxy) is 2. The Balaban J connectivity index is 2.05. The highest BCUT2D eigenvalue weighted by atomic mass is 35.5. The summed E-state index contributed by atoms with van der Waals surface area (Å²) in [4.78, 5) is 16.6. The first kappa shape index (κ1) is 18.0. The molecule has 2 aromatic heterocycles. The van der Waals surface area contributed by atoms with Crippen molar-refractivity contribution in [1.29, 1.82) is 0 Å². The lowest BCUT2D eigenvalue weighted by Gasteiger charge is -2.12. The Bertz CT molecular complexity index is 955. The highest BCUT2D eigenvalue weighted by molar-refractivity contribution is 6.18. The van der Waals surface area contributed by atoms with Gasteiger partial charge in [-0.25, -0.2) is 9.78 Å². The molecule has 0 aliphatic heterocycles. The number of carbonyl (C=O) groups is 1. The summed E-state index contributed by atoms with van der Waals surface area (Å²) in [7, 11) is 1.61. The van der Waals surface area contributed by atoms with Crippen LogP contribution in [0.4, 0.5) is 10.6 Å². The summed E-state index contributed by atoms with van der Waals surface area (Å²) in [5, 5.41) is 8.10. The van der Waals surface area contributed by atoms with Gasteiger partial charge in [0, 0.05) is 11.5 Å². The van der Waals surface area contributed by atoms with Gasteiger partial charge < -0.3 is 9.47 Å². The fourth-order valence-corrected chi connectivity index (χ4v) is 2.76. The van der Waals surface area contributed by atoms with E-state index in [9.17, 15) is 4.79 Å². The van der Waals surface area contributed by atoms with E-state index in [0.717, 1.165) is 22.2 Å². The smallest absolute Gasteiger partial charge is 0.412 e. The van der Waals surface area contributed by atoms with E-state index in [2.05, 4.69) is 15.4 Å². The van der Waals surface area contributed by atoms with Crippen LogP contribution in [0, 0.1) is 13.8 Å². The van der Waals surface area contributed by atoms with Gasteiger partial charge >= 0.3 is 6.09 Å². The van der Waals surface area contributed by atoms with E-state index in [-0.39, 0.29) is 12.5 Å². The van der Waals surface area contributed by atoms with Gasteiger partial charge in [0.2, 0.25) is 0 Å². The number of halogens is 1. The van der Waals surface area contributed by atoms with Crippen molar-refractivity contribution in [2.45, 2.75) is 13.8 Å². The van der Waals surface area contributed by atoms with Crippen molar-refractivity contribution in [3.05, 3.63) is 41.6 Å². The Morgan fingerprint density at radius 3 is 2.85 bits per heavy atom. The molecule has 3 rings (SSSR count). The molecule has 0 aliphatic rings. The zero-order valence-corrected chi connectivity index (χ0v) is 15.5. The number of rotatable bonds is 5. The number of aromatic nitrogens is 3. The molecule has 2 heterocycles. The minimum absolute atomic E-state index is 0.130. The molecule has 0 aliphatic carbocycles. The van der Waals surface area contributed by atoms with Crippen LogP contribution in [0.15, 0.2) is 30.3 Å². The average Bonchev–Trinajstić information content (AvgIpc) is 2.99. The maximum absolute atomic E-state index is 11.9. The van der Waals surface area contributed by atoms with E-state index in [1.807, 2.05) is 38.1 Å². The van der Waals surface area contributed by atoms with E-state index >= 15 is 0 Å². The van der Waals surface area contributed by atoms with Crippen LogP contribution in [0.1, 0.15) is 11.3 Å². The molecule has 1 amide bonds. The van der Waals surface area contributed by atoms with Gasteiger partial charge in [-0.1, -0.05) is 12.1 Å². The van der Waals surface area contributed by atoms with Crippen LogP contribution in [-0.4, -0.2) is 40.5 Å². The average molecular weight is 375 g/mol. The van der Waals surface area contributed by atoms with Crippen molar-refractivity contribution in [1.82, 2.24) is 14.8 Å². The molecule has 0 saturated carbocycles. The van der Waals surface area contributed by atoms with Gasteiger partial charge in [0.15, 0.2) is 5.82 Å². The maximum atomic E-state index is 11.9. The summed E-state index contributed by atoms with van der Waals surface area (Å²) in [5.41, 5.74) is 2.48. The number of pyridine rings is 1. The summed E-state index contributed by atoms with van der Waals surface area (Å²) in [6.07, 6.45) is -0.595. The molecule has 1 aromatic carbocycles. The van der Waals surface area contributed by atoms with E-state index < -0.39 is 6.09 Å². The predicted molar refractivity (Wildman–Crippen MR) is 101 cm³/mol. The molecule has 136 valence electrons. The minimum atomic E-state index is -0.595. The quantitative estimate of drug-likeness (QED) is 0.686. The number of carbonyl (C=O) groups excluding carboxylic acids is 1. The van der Waals surface area contributed by atoms with Crippen LogP contribution in [0.25, 0.3) is 16.7 Å². The van der Waals surface area contributed by atoms with Crippen LogP contribution >= 0.6 is 11.6 Å². The second-order valence-electron chi connectivity index (χ2n) is 5.69. The van der Waals surface area contributed by atoms with E-state index in [1.54, 1.807) is 17.9 Å². The maximum Gasteiger partial charge on any atom is 0.412 e. The number of methoxy groups -OCH3 is 1. The third-order valence-corrected chi connectivity index (χ3v) is 3.96. The SMILES string of the molecule is COc1cccc2c(C)cc(-n3nc(C)cc3NC(=O)OCCCl)nc12. The topological polar surface area (TPSA) is 78.3 Å². The van der Waals surface area contributed by atoms with E-state index in [1.165, 1.54) is 0 Å². The molecular formula is C18H19ClN4O3. The standard InChI is InChI=1S/C18H19ClN4O3/c1-11-9-15(20-17-13(11)5-4-6-14(17)25-3)23-16(10-12(2)22-23)21-18(24)26-8-7-19/h4-6,9-10H,7-8H2,1-3H3,(H,21,24). The van der Waals surface area contributed by atoms with Crippen LogP contribution in [-0.2, 0) is 4.74 Å². The molecule has 8 heteroatoms. The number of aryl methyl sites for hydroxylation is 2. The fourth-order valence-electron chi connectivity index (χ4n) is 2.68. The predicted octanol–water partition coefficient (Wildman–Crippen LogP) is 3.83. The number of nitrogens with zero attached hydrogens (tertiary/aromatic N) is 3. The summed E-state index contributed by atoms with van der Waals surface area (Å²) in [5.74, 6) is 1.94. The van der Waals surface area contributed by atoms with Crippen LogP contribution in [0.2, 0.25) is 0 Å². The third-order valence-electron chi connectivity index (χ3n) is 3.80. The number of hydrogen-bond acceptors (Lipinski definition) is 5. The monoisotopic (exact) mass is 374 g/mol. The zero-order chi connectivity index (χ0) is 18.7. The van der Waals surface area contributed by atoms with Crippen molar-refractivity contribution in [3.8, 4) is 11.6 Å². The Morgan fingerprint density at radius 2 is 2.12 bits per heavy atom. The molecule has 0 saturated heterocycles. The molecular weight excluding hydrogens is 356 g/mol. The Labute approximate surface area is 155 Å². The number of nitrogens with one attached hydrogen (secondary N) is 1. The fraction of sp³-hybridized carbons (Fsp3) is 0.278. The summed E-state index contributed by atoms with van der Waals surface area (Å²) in [6, 6.07) is 9.42. The van der Waals surface area contributed by atoms with Crippen molar-refractivity contribution >= 4 is 34.4 Å². The number of fused-ring (bicyclic) bond motifs is 1. The first-order valence-electron chi connectivity index (χ1n) is 8.04. The highest BCUT2D eigenvalue weighted by Gasteiger charge is 2.15. The minimum Gasteiger partial charge on any atom is -0.494 e. The molecule has 0 radical (unpaired) electrons. The van der Waals surface area contributed by atoms with Gasteiger partial charge in [-0.2, -0.15) is 9.78 Å². The Hall–Kier alpha value is -2.80. The lowest BCUT2D eigenvalue weighted by atomic mass is 10.1. The van der Waals surface area contributed by atoms with Crippen molar-refractivity contribution in [2.24, 2.45) is 0 Å². The molecule has 0 spiro atoms. The zero-order valence-electron chi connectivity index (χ0n) is 14.7. The van der Waals surface area contributed by atoms with Crippen LogP contribution < -0.4 is 10.1 Å². The molecule has 0 unspecified atom stereocenters. The summed E-state index contributed by atoms with van der Waals surface area (Å²) in [6.45, 7) is 3.95. The van der Waals surface area contributed by atoms with Crippen molar-refractivity contribution in [3.63, 3.8) is 0 Å². The normalized spacial score (nSPS) is 10.8. The van der Waals surface area contributed by atoms with Gasteiger partial charge in [-0.3, -0.25) is 5.32 Å². The van der Waals surface area contributed by atoms with Gasteiger partial charge in [-0.05, 0) is 31.5 Å². The number of alkyl halides is 1. The number of para-hydroxylation sites is 1. The van der Waals surface area contributed by atoms with Crippen molar-refractivity contribution in [2.75, 3.05) is 24.9 Å². The van der Waals surface area contributed by atoms with Gasteiger partial charge in [0.1, 0.15) is 23.7 Å². The molecule has 0 atom stereocenters. The Morgan fingerprint density at radius 1 is 1.31 bits per heavy atom. The van der Waals surface area contributed by atoms with Gasteiger partial charge in [0.05, 0.1) is 18.7 Å². The third kappa shape index (κ3) is 3.57. The van der Waals surface area contributed by atoms with E-state index in [0.29, 0.717) is 17.4 Å². The van der Waals surface area contributed by atoms with Gasteiger partial charge in [0.25, 0.3) is 0 Å². The Kier molecular flexibility index (Phi) is 5.27. The largest absolute Gasteiger partial charge is 0.494 e. The van der Waals surface area contributed by atoms with Crippen molar-refractivity contribution < 1.29 is 14.3 Å². The van der Waals surface area contributed by atoms with Crippen LogP contribution in [0.5, 0.6) is 5.75 Å². The molecule has 26 heavy (non-hydrogen) atoms. The molecule has 3 aromatic rings. The second-order valence-corrected chi connectivity index (χ2v) is 6.06. The van der Waals surface area contributed by atoms with E-state index in [4.69, 9.17) is 21.1 Å². The lowest BCUT2D eigenvalue weighted by molar-refractivity contribution is 0.168. The molecule has 0 fully saturated rings. The van der Waals surface area contributed by atoms with Crippen LogP contribution in [0.3, 0.4) is 0 Å². The first-order chi connectivity index (χ1) is 12.5. The van der Waals surface area contributed by atoms with Gasteiger partial charge in [-0.15, -0.1) is 11.6 Å². The number of anilines is 1. The second kappa shape index (κ2) is 7.61. The first-order valence-corrected chi connectivity index (χ1v) is 8.58. The highest BCUT2D eigenvalue weighted by Crippen LogP contribution is 2.28. The molecule has 7 nitrogen and oxygen atoms in total. The number of amides is 1. The number of benzene rings is 1. The summed E-state index contributed by atoms with van der Waals surface area (Å²) >= 11 is 5.54. The number of hydrogen-bond donors (Lipinski definition) is 1. The molecule has 0 bridgehead atoms. The lowest BCUT2D eigenvalue weighted by Crippen LogP contribution is -2.17. The molecule has 1 N–H and O–H groups in total.